The molecule has 0 amide bonds. The molecule has 1 heterocycles. The van der Waals surface area contributed by atoms with Crippen LogP contribution in [0.4, 0.5) is 0 Å². The molecule has 3 nitrogen and oxygen atoms in total. The van der Waals surface area contributed by atoms with E-state index in [4.69, 9.17) is 0 Å². The third-order valence-corrected chi connectivity index (χ3v) is 4.61. The molecule has 1 aliphatic carbocycles. The van der Waals surface area contributed by atoms with Crippen LogP contribution in [0, 0.1) is 0 Å². The molecule has 1 fully saturated rings. The van der Waals surface area contributed by atoms with Crippen molar-refractivity contribution in [2.75, 3.05) is 0 Å². The summed E-state index contributed by atoms with van der Waals surface area (Å²) in [6.45, 7) is 2.25. The highest BCUT2D eigenvalue weighted by atomic mass is 15.1. The normalized spacial score (nSPS) is 21.9. The molecule has 0 aromatic carbocycles. The van der Waals surface area contributed by atoms with E-state index >= 15 is 0 Å². The number of hydrogen-bond acceptors (Lipinski definition) is 2. The Morgan fingerprint density at radius 2 is 1.55 bits per heavy atom. The zero-order chi connectivity index (χ0) is 14.0. The second-order valence-corrected chi connectivity index (χ2v) is 6.38. The molecule has 2 N–H and O–H groups in total. The molecule has 0 aliphatic heterocycles. The molecule has 2 rings (SSSR count). The summed E-state index contributed by atoms with van der Waals surface area (Å²) < 4.78 is 0. The smallest absolute Gasteiger partial charge is 0.0534 e. The average molecular weight is 277 g/mol. The number of aromatic nitrogens is 2. The number of nitrogens with zero attached hydrogens (tertiary/aromatic N) is 1. The second kappa shape index (κ2) is 9.17. The van der Waals surface area contributed by atoms with Crippen molar-refractivity contribution in [2.45, 2.75) is 89.6 Å². The van der Waals surface area contributed by atoms with E-state index in [0.29, 0.717) is 12.1 Å². The van der Waals surface area contributed by atoms with E-state index in [0.717, 1.165) is 0 Å². The largest absolute Gasteiger partial charge is 0.307 e. The van der Waals surface area contributed by atoms with E-state index in [2.05, 4.69) is 22.4 Å². The maximum absolute atomic E-state index is 4.06. The zero-order valence-corrected chi connectivity index (χ0v) is 13.0. The molecule has 0 spiro atoms. The van der Waals surface area contributed by atoms with E-state index in [1.54, 1.807) is 0 Å². The monoisotopic (exact) mass is 277 g/mol. The van der Waals surface area contributed by atoms with Crippen molar-refractivity contribution in [2.24, 2.45) is 0 Å². The van der Waals surface area contributed by atoms with Crippen LogP contribution in [0.2, 0.25) is 0 Å². The van der Waals surface area contributed by atoms with Crippen molar-refractivity contribution in [3.8, 4) is 0 Å². The fourth-order valence-corrected chi connectivity index (χ4v) is 3.28. The Morgan fingerprint density at radius 1 is 1.00 bits per heavy atom. The minimum atomic E-state index is 0.409. The summed E-state index contributed by atoms with van der Waals surface area (Å²) in [5, 5.41) is 10.8. The van der Waals surface area contributed by atoms with E-state index in [1.807, 2.05) is 12.4 Å². The highest BCUT2D eigenvalue weighted by Crippen LogP contribution is 2.19. The third-order valence-electron chi connectivity index (χ3n) is 4.61. The highest BCUT2D eigenvalue weighted by Gasteiger charge is 2.14. The van der Waals surface area contributed by atoms with E-state index in [1.165, 1.54) is 76.2 Å². The van der Waals surface area contributed by atoms with Gasteiger partial charge in [0, 0.05) is 23.8 Å². The van der Waals surface area contributed by atoms with Crippen molar-refractivity contribution >= 4 is 0 Å². The van der Waals surface area contributed by atoms with Gasteiger partial charge in [-0.05, 0) is 19.8 Å². The Bertz CT molecular complexity index is 322. The maximum atomic E-state index is 4.06. The first kappa shape index (κ1) is 15.6. The molecule has 0 radical (unpaired) electrons. The van der Waals surface area contributed by atoms with Crippen LogP contribution in [-0.2, 0) is 0 Å². The molecular formula is C17H31N3. The molecule has 20 heavy (non-hydrogen) atoms. The van der Waals surface area contributed by atoms with Crippen LogP contribution in [0.1, 0.15) is 89.2 Å². The lowest BCUT2D eigenvalue weighted by atomic mass is 9.97. The van der Waals surface area contributed by atoms with E-state index in [9.17, 15) is 0 Å². The molecule has 1 aromatic heterocycles. The van der Waals surface area contributed by atoms with Gasteiger partial charge in [0.05, 0.1) is 6.20 Å². The Labute approximate surface area is 123 Å². The van der Waals surface area contributed by atoms with Crippen LogP contribution in [-0.4, -0.2) is 16.2 Å². The summed E-state index contributed by atoms with van der Waals surface area (Å²) in [6, 6.07) is 1.09. The van der Waals surface area contributed by atoms with Gasteiger partial charge in [0.25, 0.3) is 0 Å². The summed E-state index contributed by atoms with van der Waals surface area (Å²) in [6.07, 6.45) is 19.4. The first-order valence-corrected chi connectivity index (χ1v) is 8.61. The number of aromatic amines is 1. The lowest BCUT2D eigenvalue weighted by molar-refractivity contribution is 0.375. The van der Waals surface area contributed by atoms with Gasteiger partial charge in [-0.25, -0.2) is 0 Å². The Morgan fingerprint density at radius 3 is 2.05 bits per heavy atom. The first-order chi connectivity index (χ1) is 9.86. The minimum absolute atomic E-state index is 0.409. The minimum Gasteiger partial charge on any atom is -0.307 e. The molecular weight excluding hydrogens is 246 g/mol. The van der Waals surface area contributed by atoms with E-state index in [-0.39, 0.29) is 0 Å². The van der Waals surface area contributed by atoms with Crippen LogP contribution < -0.4 is 5.32 Å². The average Bonchev–Trinajstić information content (AvgIpc) is 2.96. The van der Waals surface area contributed by atoms with Crippen molar-refractivity contribution < 1.29 is 0 Å². The number of rotatable bonds is 3. The predicted molar refractivity (Wildman–Crippen MR) is 84.7 cm³/mol. The Balaban J connectivity index is 1.79. The van der Waals surface area contributed by atoms with Gasteiger partial charge in [0.2, 0.25) is 0 Å². The summed E-state index contributed by atoms with van der Waals surface area (Å²) in [7, 11) is 0. The fourth-order valence-electron chi connectivity index (χ4n) is 3.28. The molecule has 1 unspecified atom stereocenters. The van der Waals surface area contributed by atoms with Crippen molar-refractivity contribution in [3.63, 3.8) is 0 Å². The van der Waals surface area contributed by atoms with Gasteiger partial charge in [0.15, 0.2) is 0 Å². The van der Waals surface area contributed by atoms with Gasteiger partial charge in [0.1, 0.15) is 0 Å². The summed E-state index contributed by atoms with van der Waals surface area (Å²) in [4.78, 5) is 0. The standard InChI is InChI=1S/C17H31N3/c1-15(16-13-18-19-14-16)20-17-11-9-7-5-3-2-4-6-8-10-12-17/h13-15,17,20H,2-12H2,1H3,(H,18,19). The predicted octanol–water partition coefficient (Wildman–Crippen LogP) is 4.73. The van der Waals surface area contributed by atoms with Gasteiger partial charge in [-0.2, -0.15) is 5.10 Å². The van der Waals surface area contributed by atoms with Crippen LogP contribution in [0.5, 0.6) is 0 Å². The number of H-pyrrole nitrogens is 1. The van der Waals surface area contributed by atoms with Crippen molar-refractivity contribution in [1.82, 2.24) is 15.5 Å². The summed E-state index contributed by atoms with van der Waals surface area (Å²) >= 11 is 0. The van der Waals surface area contributed by atoms with Gasteiger partial charge >= 0.3 is 0 Å². The zero-order valence-electron chi connectivity index (χ0n) is 13.0. The molecule has 114 valence electrons. The Hall–Kier alpha value is -0.830. The lowest BCUT2D eigenvalue weighted by Gasteiger charge is -2.23. The van der Waals surface area contributed by atoms with Crippen LogP contribution in [0.15, 0.2) is 12.4 Å². The third kappa shape index (κ3) is 5.66. The molecule has 1 saturated carbocycles. The molecule has 0 saturated heterocycles. The van der Waals surface area contributed by atoms with Gasteiger partial charge < -0.3 is 5.32 Å². The molecule has 1 aliphatic rings. The van der Waals surface area contributed by atoms with Crippen molar-refractivity contribution in [1.29, 1.82) is 0 Å². The van der Waals surface area contributed by atoms with Gasteiger partial charge in [-0.3, -0.25) is 5.10 Å². The molecule has 0 bridgehead atoms. The first-order valence-electron chi connectivity index (χ1n) is 8.61. The maximum Gasteiger partial charge on any atom is 0.0534 e. The SMILES string of the molecule is CC(NC1CCCCCCCCCCC1)c1cn[nH]c1. The quantitative estimate of drug-likeness (QED) is 0.838. The van der Waals surface area contributed by atoms with Crippen LogP contribution >= 0.6 is 0 Å². The van der Waals surface area contributed by atoms with Gasteiger partial charge in [-0.15, -0.1) is 0 Å². The Kier molecular flexibility index (Phi) is 7.13. The number of hydrogen-bond donors (Lipinski definition) is 2. The highest BCUT2D eigenvalue weighted by molar-refractivity contribution is 5.08. The topological polar surface area (TPSA) is 40.7 Å². The molecule has 1 atom stereocenters. The number of nitrogens with one attached hydrogen (secondary N) is 2. The molecule has 3 heteroatoms. The summed E-state index contributed by atoms with van der Waals surface area (Å²) in [5.74, 6) is 0. The summed E-state index contributed by atoms with van der Waals surface area (Å²) in [5.41, 5.74) is 1.27. The fraction of sp³-hybridized carbons (Fsp3) is 0.824. The van der Waals surface area contributed by atoms with Crippen LogP contribution in [0.25, 0.3) is 0 Å². The second-order valence-electron chi connectivity index (χ2n) is 6.38. The van der Waals surface area contributed by atoms with Crippen molar-refractivity contribution in [3.05, 3.63) is 18.0 Å². The lowest BCUT2D eigenvalue weighted by Crippen LogP contribution is -2.31. The van der Waals surface area contributed by atoms with Gasteiger partial charge in [-0.1, -0.05) is 57.8 Å². The molecule has 1 aromatic rings. The van der Waals surface area contributed by atoms with E-state index < -0.39 is 0 Å². The van der Waals surface area contributed by atoms with Crippen LogP contribution in [0.3, 0.4) is 0 Å².